The number of hydrogen-bond acceptors (Lipinski definition) is 5. The van der Waals surface area contributed by atoms with Crippen molar-refractivity contribution in [3.63, 3.8) is 0 Å². The molecule has 5 nitrogen and oxygen atoms in total. The van der Waals surface area contributed by atoms with Crippen molar-refractivity contribution in [2.75, 3.05) is 38.2 Å². The lowest BCUT2D eigenvalue weighted by molar-refractivity contribution is 0.0526. The zero-order valence-corrected chi connectivity index (χ0v) is 12.3. The molecule has 2 heterocycles. The largest absolute Gasteiger partial charge is 0.462 e. The topological polar surface area (TPSA) is 54.5 Å². The average Bonchev–Trinajstić information content (AvgIpc) is 2.49. The first-order valence-electron chi connectivity index (χ1n) is 7.28. The van der Waals surface area contributed by atoms with Gasteiger partial charge in [-0.3, -0.25) is 0 Å². The highest BCUT2D eigenvalue weighted by atomic mass is 16.5. The number of carbonyl (C=O) groups is 1. The number of ether oxygens (including phenoxy) is 1. The fourth-order valence-electron chi connectivity index (χ4n) is 2.65. The second-order valence-corrected chi connectivity index (χ2v) is 5.08. The van der Waals surface area contributed by atoms with Crippen molar-refractivity contribution in [2.24, 2.45) is 5.92 Å². The monoisotopic (exact) mass is 277 g/mol. The number of anilines is 1. The van der Waals surface area contributed by atoms with E-state index in [9.17, 15) is 4.79 Å². The molecule has 0 spiro atoms. The minimum Gasteiger partial charge on any atom is -0.462 e. The van der Waals surface area contributed by atoms with Crippen LogP contribution in [0.3, 0.4) is 0 Å². The highest BCUT2D eigenvalue weighted by molar-refractivity contribution is 5.94. The van der Waals surface area contributed by atoms with E-state index in [1.165, 1.54) is 0 Å². The van der Waals surface area contributed by atoms with Gasteiger partial charge >= 0.3 is 5.97 Å². The van der Waals surface area contributed by atoms with Crippen LogP contribution in [-0.4, -0.2) is 44.2 Å². The smallest absolute Gasteiger partial charge is 0.341 e. The molecular weight excluding hydrogens is 254 g/mol. The molecular formula is C15H23N3O2. The van der Waals surface area contributed by atoms with E-state index in [1.807, 2.05) is 14.0 Å². The van der Waals surface area contributed by atoms with Gasteiger partial charge in [0, 0.05) is 19.3 Å². The fourth-order valence-corrected chi connectivity index (χ4v) is 2.65. The molecule has 1 aromatic rings. The van der Waals surface area contributed by atoms with Gasteiger partial charge in [-0.1, -0.05) is 0 Å². The molecule has 20 heavy (non-hydrogen) atoms. The molecule has 1 fully saturated rings. The number of nitrogens with one attached hydrogen (secondary N) is 1. The Balaban J connectivity index is 2.08. The molecule has 0 atom stereocenters. The Labute approximate surface area is 120 Å². The molecule has 1 aromatic heterocycles. The molecule has 0 saturated carbocycles. The lowest BCUT2D eigenvalue weighted by Crippen LogP contribution is -2.38. The van der Waals surface area contributed by atoms with Gasteiger partial charge < -0.3 is 15.0 Å². The molecule has 0 bridgehead atoms. The molecule has 1 aliphatic heterocycles. The van der Waals surface area contributed by atoms with E-state index in [1.54, 1.807) is 18.3 Å². The summed E-state index contributed by atoms with van der Waals surface area (Å²) in [5, 5.41) is 3.23. The number of piperidine rings is 1. The van der Waals surface area contributed by atoms with Gasteiger partial charge in [-0.2, -0.15) is 0 Å². The second kappa shape index (κ2) is 7.24. The lowest BCUT2D eigenvalue weighted by atomic mass is 9.96. The number of aromatic nitrogens is 1. The first-order valence-corrected chi connectivity index (χ1v) is 7.28. The summed E-state index contributed by atoms with van der Waals surface area (Å²) in [7, 11) is 1.99. The minimum atomic E-state index is -0.284. The van der Waals surface area contributed by atoms with E-state index in [2.05, 4.69) is 15.2 Å². The van der Waals surface area contributed by atoms with Crippen LogP contribution >= 0.6 is 0 Å². The van der Waals surface area contributed by atoms with E-state index in [-0.39, 0.29) is 5.97 Å². The normalized spacial score (nSPS) is 16.2. The maximum absolute atomic E-state index is 12.0. The zero-order valence-electron chi connectivity index (χ0n) is 12.3. The third kappa shape index (κ3) is 3.48. The van der Waals surface area contributed by atoms with Crippen LogP contribution in [0.25, 0.3) is 0 Å². The molecule has 0 aromatic carbocycles. The molecule has 0 unspecified atom stereocenters. The van der Waals surface area contributed by atoms with Crippen LogP contribution < -0.4 is 10.2 Å². The van der Waals surface area contributed by atoms with E-state index in [0.29, 0.717) is 18.1 Å². The predicted molar refractivity (Wildman–Crippen MR) is 79.1 cm³/mol. The Bertz CT molecular complexity index is 442. The Morgan fingerprint density at radius 3 is 2.90 bits per heavy atom. The van der Waals surface area contributed by atoms with Gasteiger partial charge in [-0.15, -0.1) is 0 Å². The van der Waals surface area contributed by atoms with E-state index >= 15 is 0 Å². The summed E-state index contributed by atoms with van der Waals surface area (Å²) in [5.41, 5.74) is 0.571. The van der Waals surface area contributed by atoms with Crippen molar-refractivity contribution in [2.45, 2.75) is 19.8 Å². The van der Waals surface area contributed by atoms with Crippen molar-refractivity contribution in [1.29, 1.82) is 0 Å². The second-order valence-electron chi connectivity index (χ2n) is 5.08. The summed E-state index contributed by atoms with van der Waals surface area (Å²) in [5.74, 6) is 1.19. The highest BCUT2D eigenvalue weighted by Crippen LogP contribution is 2.24. The SMILES string of the molecule is CCOC(=O)c1cccnc1N1CCC(CNC)CC1. The Morgan fingerprint density at radius 1 is 1.50 bits per heavy atom. The number of esters is 1. The summed E-state index contributed by atoms with van der Waals surface area (Å²) in [6.45, 7) is 5.14. The minimum absolute atomic E-state index is 0.284. The van der Waals surface area contributed by atoms with Crippen LogP contribution in [0.4, 0.5) is 5.82 Å². The van der Waals surface area contributed by atoms with Gasteiger partial charge in [0.05, 0.1) is 6.61 Å². The summed E-state index contributed by atoms with van der Waals surface area (Å²) < 4.78 is 5.10. The van der Waals surface area contributed by atoms with Crippen molar-refractivity contribution >= 4 is 11.8 Å². The molecule has 0 aliphatic carbocycles. The first kappa shape index (κ1) is 14.8. The third-order valence-electron chi connectivity index (χ3n) is 3.69. The number of rotatable bonds is 5. The van der Waals surface area contributed by atoms with Crippen LogP contribution in [0, 0.1) is 5.92 Å². The maximum atomic E-state index is 12.0. The standard InChI is InChI=1S/C15H23N3O2/c1-3-20-15(19)13-5-4-8-17-14(13)18-9-6-12(7-10-18)11-16-2/h4-5,8,12,16H,3,6-7,9-11H2,1-2H3. The quantitative estimate of drug-likeness (QED) is 0.830. The predicted octanol–water partition coefficient (Wildman–Crippen LogP) is 1.69. The Kier molecular flexibility index (Phi) is 5.35. The van der Waals surface area contributed by atoms with Crippen LogP contribution in [0.1, 0.15) is 30.1 Å². The Hall–Kier alpha value is -1.62. The van der Waals surface area contributed by atoms with Crippen LogP contribution in [0.2, 0.25) is 0 Å². The van der Waals surface area contributed by atoms with Crippen molar-refractivity contribution in [1.82, 2.24) is 10.3 Å². The molecule has 1 N–H and O–H groups in total. The number of carbonyl (C=O) groups excluding carboxylic acids is 1. The summed E-state index contributed by atoms with van der Waals surface area (Å²) in [4.78, 5) is 18.6. The maximum Gasteiger partial charge on any atom is 0.341 e. The highest BCUT2D eigenvalue weighted by Gasteiger charge is 2.23. The molecule has 1 aliphatic rings. The van der Waals surface area contributed by atoms with Crippen molar-refractivity contribution in [3.8, 4) is 0 Å². The lowest BCUT2D eigenvalue weighted by Gasteiger charge is -2.33. The average molecular weight is 277 g/mol. The molecule has 0 amide bonds. The van der Waals surface area contributed by atoms with E-state index in [4.69, 9.17) is 4.74 Å². The molecule has 0 radical (unpaired) electrons. The summed E-state index contributed by atoms with van der Waals surface area (Å²) >= 11 is 0. The van der Waals surface area contributed by atoms with E-state index < -0.39 is 0 Å². The summed E-state index contributed by atoms with van der Waals surface area (Å²) in [6, 6.07) is 3.57. The van der Waals surface area contributed by atoms with Crippen LogP contribution in [0.15, 0.2) is 18.3 Å². The summed E-state index contributed by atoms with van der Waals surface area (Å²) in [6.07, 6.45) is 3.98. The van der Waals surface area contributed by atoms with Crippen molar-refractivity contribution in [3.05, 3.63) is 23.9 Å². The van der Waals surface area contributed by atoms with E-state index in [0.717, 1.165) is 38.3 Å². The van der Waals surface area contributed by atoms with Gasteiger partial charge in [0.1, 0.15) is 11.4 Å². The van der Waals surface area contributed by atoms with Gasteiger partial charge in [0.25, 0.3) is 0 Å². The third-order valence-corrected chi connectivity index (χ3v) is 3.69. The number of hydrogen-bond donors (Lipinski definition) is 1. The van der Waals surface area contributed by atoms with Gasteiger partial charge in [-0.05, 0) is 51.4 Å². The van der Waals surface area contributed by atoms with Crippen LogP contribution in [0.5, 0.6) is 0 Å². The van der Waals surface area contributed by atoms with Gasteiger partial charge in [-0.25, -0.2) is 9.78 Å². The number of nitrogens with zero attached hydrogens (tertiary/aromatic N) is 2. The molecule has 5 heteroatoms. The van der Waals surface area contributed by atoms with Gasteiger partial charge in [0.2, 0.25) is 0 Å². The molecule has 110 valence electrons. The molecule has 2 rings (SSSR count). The Morgan fingerprint density at radius 2 is 2.25 bits per heavy atom. The molecule has 1 saturated heterocycles. The van der Waals surface area contributed by atoms with Gasteiger partial charge in [0.15, 0.2) is 0 Å². The zero-order chi connectivity index (χ0) is 14.4. The first-order chi connectivity index (χ1) is 9.76. The fraction of sp³-hybridized carbons (Fsp3) is 0.600. The van der Waals surface area contributed by atoms with Crippen molar-refractivity contribution < 1.29 is 9.53 Å². The van der Waals surface area contributed by atoms with Crippen LogP contribution in [-0.2, 0) is 4.74 Å². The number of pyridine rings is 1.